The standard InChI is InChI=1S/C25H28N2O3/c1-29-23-10-8-18-5-2-3-7-21(18)22(23)9-11-24(28)27-25(19-12-15-30-16-13-19)20-6-4-14-26-17-20/h2-8,10,14,17,19,25H,9,11-13,15-16H2,1H3,(H,27,28)/t25-/m0/s1. The van der Waals surface area contributed by atoms with E-state index in [1.807, 2.05) is 36.5 Å². The fourth-order valence-electron chi connectivity index (χ4n) is 4.33. The van der Waals surface area contributed by atoms with E-state index in [1.165, 1.54) is 0 Å². The number of nitrogens with one attached hydrogen (secondary N) is 1. The summed E-state index contributed by atoms with van der Waals surface area (Å²) >= 11 is 0. The van der Waals surface area contributed by atoms with E-state index in [2.05, 4.69) is 28.5 Å². The minimum atomic E-state index is -0.0375. The summed E-state index contributed by atoms with van der Waals surface area (Å²) < 4.78 is 11.1. The lowest BCUT2D eigenvalue weighted by Gasteiger charge is -2.31. The van der Waals surface area contributed by atoms with E-state index >= 15 is 0 Å². The third-order valence-electron chi connectivity index (χ3n) is 5.92. The maximum Gasteiger partial charge on any atom is 0.220 e. The quantitative estimate of drug-likeness (QED) is 0.632. The van der Waals surface area contributed by atoms with Gasteiger partial charge in [-0.1, -0.05) is 36.4 Å². The van der Waals surface area contributed by atoms with E-state index < -0.39 is 0 Å². The highest BCUT2D eigenvalue weighted by Crippen LogP contribution is 2.31. The molecule has 1 aliphatic rings. The number of aromatic nitrogens is 1. The second-order valence-corrected chi connectivity index (χ2v) is 7.75. The molecule has 1 aromatic heterocycles. The number of aryl methyl sites for hydroxylation is 1. The minimum Gasteiger partial charge on any atom is -0.496 e. The molecule has 2 aromatic carbocycles. The maximum atomic E-state index is 13.0. The monoisotopic (exact) mass is 404 g/mol. The van der Waals surface area contributed by atoms with Crippen molar-refractivity contribution < 1.29 is 14.3 Å². The van der Waals surface area contributed by atoms with Gasteiger partial charge in [0.05, 0.1) is 13.2 Å². The number of benzene rings is 2. The zero-order chi connectivity index (χ0) is 20.8. The second-order valence-electron chi connectivity index (χ2n) is 7.75. The molecule has 0 saturated carbocycles. The first kappa shape index (κ1) is 20.4. The van der Waals surface area contributed by atoms with Crippen molar-refractivity contribution in [1.82, 2.24) is 10.3 Å². The van der Waals surface area contributed by atoms with Gasteiger partial charge in [-0.25, -0.2) is 0 Å². The van der Waals surface area contributed by atoms with Crippen LogP contribution in [0.2, 0.25) is 0 Å². The molecule has 5 heteroatoms. The van der Waals surface area contributed by atoms with Gasteiger partial charge in [-0.05, 0) is 53.6 Å². The largest absolute Gasteiger partial charge is 0.496 e. The molecule has 1 fully saturated rings. The zero-order valence-corrected chi connectivity index (χ0v) is 17.3. The molecule has 5 nitrogen and oxygen atoms in total. The van der Waals surface area contributed by atoms with Crippen LogP contribution >= 0.6 is 0 Å². The van der Waals surface area contributed by atoms with Crippen LogP contribution < -0.4 is 10.1 Å². The van der Waals surface area contributed by atoms with Crippen molar-refractivity contribution in [3.63, 3.8) is 0 Å². The lowest BCUT2D eigenvalue weighted by Crippen LogP contribution is -2.36. The number of rotatable bonds is 7. The Morgan fingerprint density at radius 2 is 2.00 bits per heavy atom. The van der Waals surface area contributed by atoms with E-state index in [0.29, 0.717) is 18.8 Å². The highest BCUT2D eigenvalue weighted by molar-refractivity contribution is 5.88. The van der Waals surface area contributed by atoms with E-state index in [9.17, 15) is 4.79 Å². The van der Waals surface area contributed by atoms with Crippen LogP contribution in [0.4, 0.5) is 0 Å². The van der Waals surface area contributed by atoms with Gasteiger partial charge < -0.3 is 14.8 Å². The average molecular weight is 405 g/mol. The molecule has 1 aliphatic heterocycles. The van der Waals surface area contributed by atoms with Crippen molar-refractivity contribution in [2.45, 2.75) is 31.7 Å². The Hall–Kier alpha value is -2.92. The van der Waals surface area contributed by atoms with E-state index in [0.717, 1.165) is 53.7 Å². The van der Waals surface area contributed by atoms with Gasteiger partial charge >= 0.3 is 0 Å². The smallest absolute Gasteiger partial charge is 0.220 e. The van der Waals surface area contributed by atoms with Gasteiger partial charge in [0, 0.05) is 37.6 Å². The minimum absolute atomic E-state index is 0.0375. The van der Waals surface area contributed by atoms with Crippen molar-refractivity contribution in [2.75, 3.05) is 20.3 Å². The molecule has 4 rings (SSSR count). The molecule has 1 saturated heterocycles. The Morgan fingerprint density at radius 3 is 2.77 bits per heavy atom. The highest BCUT2D eigenvalue weighted by atomic mass is 16.5. The Labute approximate surface area is 177 Å². The third kappa shape index (κ3) is 4.62. The molecule has 2 heterocycles. The van der Waals surface area contributed by atoms with Crippen LogP contribution in [0.3, 0.4) is 0 Å². The number of methoxy groups -OCH3 is 1. The SMILES string of the molecule is COc1ccc2ccccc2c1CCC(=O)N[C@H](c1cccnc1)C1CCOCC1. The van der Waals surface area contributed by atoms with Crippen LogP contribution in [0.25, 0.3) is 10.8 Å². The highest BCUT2D eigenvalue weighted by Gasteiger charge is 2.27. The van der Waals surface area contributed by atoms with Crippen molar-refractivity contribution >= 4 is 16.7 Å². The number of carbonyl (C=O) groups excluding carboxylic acids is 1. The molecule has 0 radical (unpaired) electrons. The van der Waals surface area contributed by atoms with Gasteiger partial charge in [-0.2, -0.15) is 0 Å². The molecule has 0 bridgehead atoms. The molecule has 30 heavy (non-hydrogen) atoms. The summed E-state index contributed by atoms with van der Waals surface area (Å²) in [6.45, 7) is 1.48. The fraction of sp³-hybridized carbons (Fsp3) is 0.360. The van der Waals surface area contributed by atoms with Gasteiger partial charge in [0.2, 0.25) is 5.91 Å². The van der Waals surface area contributed by atoms with Crippen molar-refractivity contribution in [1.29, 1.82) is 0 Å². The van der Waals surface area contributed by atoms with Crippen LogP contribution in [0.1, 0.15) is 36.4 Å². The number of amides is 1. The number of carbonyl (C=O) groups is 1. The van der Waals surface area contributed by atoms with Gasteiger partial charge in [0.25, 0.3) is 0 Å². The number of pyridine rings is 1. The molecule has 1 atom stereocenters. The normalized spacial score (nSPS) is 15.6. The Bertz CT molecular complexity index is 984. The van der Waals surface area contributed by atoms with E-state index in [4.69, 9.17) is 9.47 Å². The predicted octanol–water partition coefficient (Wildman–Crippen LogP) is 4.46. The predicted molar refractivity (Wildman–Crippen MR) is 117 cm³/mol. The lowest BCUT2D eigenvalue weighted by molar-refractivity contribution is -0.122. The van der Waals surface area contributed by atoms with Crippen molar-refractivity contribution in [3.05, 3.63) is 72.1 Å². The topological polar surface area (TPSA) is 60.5 Å². The number of ether oxygens (including phenoxy) is 2. The van der Waals surface area contributed by atoms with Gasteiger partial charge in [0.1, 0.15) is 5.75 Å². The first-order valence-electron chi connectivity index (χ1n) is 10.6. The molecule has 0 spiro atoms. The van der Waals surface area contributed by atoms with Crippen LogP contribution in [0.5, 0.6) is 5.75 Å². The average Bonchev–Trinajstić information content (AvgIpc) is 2.82. The molecule has 3 aromatic rings. The van der Waals surface area contributed by atoms with E-state index in [1.54, 1.807) is 13.3 Å². The van der Waals surface area contributed by atoms with Gasteiger partial charge in [-0.3, -0.25) is 9.78 Å². The number of hydrogen-bond acceptors (Lipinski definition) is 4. The summed E-state index contributed by atoms with van der Waals surface area (Å²) in [7, 11) is 1.68. The Kier molecular flexibility index (Phi) is 6.60. The molecule has 1 amide bonds. The van der Waals surface area contributed by atoms with Crippen LogP contribution in [-0.2, 0) is 16.0 Å². The van der Waals surface area contributed by atoms with Gasteiger partial charge in [-0.15, -0.1) is 0 Å². The number of nitrogens with zero attached hydrogens (tertiary/aromatic N) is 1. The van der Waals surface area contributed by atoms with Crippen molar-refractivity contribution in [3.8, 4) is 5.75 Å². The van der Waals surface area contributed by atoms with Crippen molar-refractivity contribution in [2.24, 2.45) is 5.92 Å². The first-order chi connectivity index (χ1) is 14.8. The molecule has 156 valence electrons. The molecule has 1 N–H and O–H groups in total. The second kappa shape index (κ2) is 9.72. The summed E-state index contributed by atoms with van der Waals surface area (Å²) in [5.74, 6) is 1.24. The summed E-state index contributed by atoms with van der Waals surface area (Å²) in [6.07, 6.45) is 6.54. The van der Waals surface area contributed by atoms with Crippen LogP contribution in [-0.4, -0.2) is 31.2 Å². The summed E-state index contributed by atoms with van der Waals surface area (Å²) in [5, 5.41) is 5.58. The van der Waals surface area contributed by atoms with Crippen LogP contribution in [0, 0.1) is 5.92 Å². The van der Waals surface area contributed by atoms with Gasteiger partial charge in [0.15, 0.2) is 0 Å². The van der Waals surface area contributed by atoms with Crippen LogP contribution in [0.15, 0.2) is 60.9 Å². The Morgan fingerprint density at radius 1 is 1.17 bits per heavy atom. The maximum absolute atomic E-state index is 13.0. The summed E-state index contributed by atoms with van der Waals surface area (Å²) in [5.41, 5.74) is 2.13. The summed E-state index contributed by atoms with van der Waals surface area (Å²) in [4.78, 5) is 17.2. The molecular weight excluding hydrogens is 376 g/mol. The Balaban J connectivity index is 1.50. The van der Waals surface area contributed by atoms with E-state index in [-0.39, 0.29) is 11.9 Å². The zero-order valence-electron chi connectivity index (χ0n) is 17.3. The fourth-order valence-corrected chi connectivity index (χ4v) is 4.33. The molecular formula is C25H28N2O3. The summed E-state index contributed by atoms with van der Waals surface area (Å²) in [6, 6.07) is 16.2. The number of fused-ring (bicyclic) bond motifs is 1. The first-order valence-corrected chi connectivity index (χ1v) is 10.6. The molecule has 0 unspecified atom stereocenters. The lowest BCUT2D eigenvalue weighted by atomic mass is 9.87. The molecule has 0 aliphatic carbocycles. The third-order valence-corrected chi connectivity index (χ3v) is 5.92. The number of hydrogen-bond donors (Lipinski definition) is 1.